The second-order valence-electron chi connectivity index (χ2n) is 10.6. The maximum Gasteiger partial charge on any atom is 0.248 e. The van der Waals surface area contributed by atoms with Gasteiger partial charge in [-0.05, 0) is 31.9 Å². The van der Waals surface area contributed by atoms with E-state index in [-0.39, 0.29) is 44.1 Å². The molecule has 3 aliphatic rings. The fourth-order valence-electron chi connectivity index (χ4n) is 6.68. The summed E-state index contributed by atoms with van der Waals surface area (Å²) in [6.07, 6.45) is 4.69. The van der Waals surface area contributed by atoms with Crippen LogP contribution in [0.1, 0.15) is 19.8 Å². The van der Waals surface area contributed by atoms with Crippen molar-refractivity contribution in [3.05, 3.63) is 49.6 Å². The van der Waals surface area contributed by atoms with Crippen molar-refractivity contribution >= 4 is 40.5 Å². The summed E-state index contributed by atoms with van der Waals surface area (Å²) in [6.45, 7) is 10.1. The van der Waals surface area contributed by atoms with Crippen molar-refractivity contribution in [3.63, 3.8) is 0 Å². The molecule has 5 atom stereocenters. The molecule has 0 saturated carbocycles. The van der Waals surface area contributed by atoms with Crippen LogP contribution in [0.4, 0.5) is 0 Å². The minimum Gasteiger partial charge on any atom is -0.395 e. The van der Waals surface area contributed by atoms with Crippen molar-refractivity contribution in [1.29, 1.82) is 0 Å². The van der Waals surface area contributed by atoms with Gasteiger partial charge in [0.15, 0.2) is 0 Å². The molecule has 1 aromatic carbocycles. The van der Waals surface area contributed by atoms with Crippen molar-refractivity contribution in [2.45, 2.75) is 42.0 Å². The molecule has 11 heteroatoms. The maximum atomic E-state index is 14.4. The summed E-state index contributed by atoms with van der Waals surface area (Å²) >= 11 is 1.61. The minimum atomic E-state index is -0.809. The van der Waals surface area contributed by atoms with Gasteiger partial charge in [-0.3, -0.25) is 14.4 Å². The molecule has 10 nitrogen and oxygen atoms in total. The lowest BCUT2D eigenvalue weighted by molar-refractivity contribution is -0.145. The highest BCUT2D eigenvalue weighted by Crippen LogP contribution is 2.71. The largest absolute Gasteiger partial charge is 0.395 e. The Morgan fingerprint density at radius 2 is 1.95 bits per heavy atom. The highest BCUT2D eigenvalue weighted by Gasteiger charge is 2.77. The molecule has 0 aliphatic carbocycles. The number of nitrogens with zero attached hydrogens (tertiary/aromatic N) is 6. The molecular weight excluding hydrogens is 504 g/mol. The zero-order valence-electron chi connectivity index (χ0n) is 21.8. The molecule has 3 fully saturated rings. The lowest BCUT2D eigenvalue weighted by atomic mass is 9.66. The van der Waals surface area contributed by atoms with Gasteiger partial charge in [0.05, 0.1) is 28.7 Å². The molecule has 1 N–H and O–H groups in total. The fourth-order valence-corrected chi connectivity index (χ4v) is 9.02. The number of carbonyl (C=O) groups is 3. The van der Waals surface area contributed by atoms with Crippen LogP contribution >= 0.6 is 11.8 Å². The second kappa shape index (κ2) is 9.85. The maximum absolute atomic E-state index is 14.4. The SMILES string of the molecule is C=CCN(C)C(=O)[C@H]1[C@H]2C(=O)N(CCO)C(C(=O)N(CC=C)Cn3nnc4ccccc43)C23CC[C@]1(C)S3. The molecular formula is C27H34N6O4S. The second-order valence-corrected chi connectivity index (χ2v) is 12.5. The van der Waals surface area contributed by atoms with E-state index in [0.29, 0.717) is 13.0 Å². The summed E-state index contributed by atoms with van der Waals surface area (Å²) in [5.41, 5.74) is 1.51. The van der Waals surface area contributed by atoms with E-state index >= 15 is 0 Å². The van der Waals surface area contributed by atoms with Crippen molar-refractivity contribution in [3.8, 4) is 0 Å². The van der Waals surface area contributed by atoms with Crippen LogP contribution in [0.3, 0.4) is 0 Å². The molecule has 2 aromatic rings. The molecule has 1 spiro atoms. The summed E-state index contributed by atoms with van der Waals surface area (Å²) in [5.74, 6) is -1.76. The number of benzene rings is 1. The van der Waals surface area contributed by atoms with Gasteiger partial charge in [0.25, 0.3) is 0 Å². The normalized spacial score (nSPS) is 29.5. The molecule has 2 unspecified atom stereocenters. The third kappa shape index (κ3) is 3.86. The number of hydrogen-bond acceptors (Lipinski definition) is 7. The number of amides is 3. The Kier molecular flexibility index (Phi) is 6.85. The molecule has 3 aliphatic heterocycles. The van der Waals surface area contributed by atoms with Gasteiger partial charge in [-0.15, -0.1) is 30.0 Å². The molecule has 0 radical (unpaired) electrons. The number of fused-ring (bicyclic) bond motifs is 2. The third-order valence-corrected chi connectivity index (χ3v) is 10.3. The van der Waals surface area contributed by atoms with Crippen LogP contribution in [0.25, 0.3) is 11.0 Å². The molecule has 5 rings (SSSR count). The zero-order valence-corrected chi connectivity index (χ0v) is 22.6. The Balaban J connectivity index is 1.53. The van der Waals surface area contributed by atoms with Crippen molar-refractivity contribution in [1.82, 2.24) is 29.7 Å². The summed E-state index contributed by atoms with van der Waals surface area (Å²) < 4.78 is 0.454. The van der Waals surface area contributed by atoms with Gasteiger partial charge in [0.2, 0.25) is 17.7 Å². The first-order valence-electron chi connectivity index (χ1n) is 12.9. The number of para-hydroxylation sites is 1. The summed E-state index contributed by atoms with van der Waals surface area (Å²) in [7, 11) is 1.72. The van der Waals surface area contributed by atoms with Crippen LogP contribution in [0.5, 0.6) is 0 Å². The Hall–Kier alpha value is -3.18. The Morgan fingerprint density at radius 1 is 1.21 bits per heavy atom. The quantitative estimate of drug-likeness (QED) is 0.457. The molecule has 1 aromatic heterocycles. The molecule has 2 bridgehead atoms. The predicted molar refractivity (Wildman–Crippen MR) is 145 cm³/mol. The van der Waals surface area contributed by atoms with Gasteiger partial charge in [-0.25, -0.2) is 4.68 Å². The molecule has 3 saturated heterocycles. The van der Waals surface area contributed by atoms with Crippen LogP contribution in [-0.4, -0.2) is 101 Å². The van der Waals surface area contributed by atoms with E-state index in [9.17, 15) is 19.5 Å². The first kappa shape index (κ1) is 26.4. The van der Waals surface area contributed by atoms with E-state index in [0.717, 1.165) is 17.5 Å². The molecule has 3 amide bonds. The number of hydrogen-bond donors (Lipinski definition) is 1. The summed E-state index contributed by atoms with van der Waals surface area (Å²) in [5, 5.41) is 18.3. The number of likely N-dealkylation sites (tertiary alicyclic amines) is 1. The molecule has 4 heterocycles. The summed E-state index contributed by atoms with van der Waals surface area (Å²) in [4.78, 5) is 46.8. The number of likely N-dealkylation sites (N-methyl/N-ethyl adjacent to an activating group) is 1. The Labute approximate surface area is 226 Å². The number of carbonyl (C=O) groups excluding carboxylic acids is 3. The summed E-state index contributed by atoms with van der Waals surface area (Å²) in [6, 6.07) is 6.71. The third-order valence-electron chi connectivity index (χ3n) is 8.28. The first-order chi connectivity index (χ1) is 18.2. The van der Waals surface area contributed by atoms with Crippen LogP contribution < -0.4 is 0 Å². The van der Waals surface area contributed by atoms with Gasteiger partial charge >= 0.3 is 0 Å². The van der Waals surface area contributed by atoms with Crippen LogP contribution in [0.15, 0.2) is 49.6 Å². The molecule has 202 valence electrons. The Morgan fingerprint density at radius 3 is 2.66 bits per heavy atom. The van der Waals surface area contributed by atoms with Crippen LogP contribution in [-0.2, 0) is 21.1 Å². The zero-order chi connectivity index (χ0) is 27.2. The van der Waals surface area contributed by atoms with Gasteiger partial charge in [0, 0.05) is 31.4 Å². The number of rotatable bonds is 10. The Bertz CT molecular complexity index is 1300. The van der Waals surface area contributed by atoms with Gasteiger partial charge in [-0.2, -0.15) is 0 Å². The van der Waals surface area contributed by atoms with E-state index in [1.54, 1.807) is 45.4 Å². The lowest BCUT2D eigenvalue weighted by Gasteiger charge is -2.37. The van der Waals surface area contributed by atoms with E-state index < -0.39 is 27.4 Å². The topological polar surface area (TPSA) is 112 Å². The fraction of sp³-hybridized carbons (Fsp3) is 0.519. The highest BCUT2D eigenvalue weighted by atomic mass is 32.2. The number of aromatic nitrogens is 3. The van der Waals surface area contributed by atoms with E-state index in [2.05, 4.69) is 23.5 Å². The van der Waals surface area contributed by atoms with Gasteiger partial charge < -0.3 is 19.8 Å². The highest BCUT2D eigenvalue weighted by molar-refractivity contribution is 8.02. The smallest absolute Gasteiger partial charge is 0.248 e. The predicted octanol–water partition coefficient (Wildman–Crippen LogP) is 1.52. The van der Waals surface area contributed by atoms with Crippen LogP contribution in [0.2, 0.25) is 0 Å². The van der Waals surface area contributed by atoms with Crippen molar-refractivity contribution < 1.29 is 19.5 Å². The number of β-amino-alcohol motifs (C(OH)–C–C–N with tert-alkyl or cyclic N) is 1. The average Bonchev–Trinajstić information content (AvgIpc) is 3.60. The monoisotopic (exact) mass is 538 g/mol. The van der Waals surface area contributed by atoms with Gasteiger partial charge in [-0.1, -0.05) is 29.5 Å². The number of aliphatic hydroxyl groups excluding tert-OH is 1. The number of thioether (sulfide) groups is 1. The average molecular weight is 539 g/mol. The van der Waals surface area contributed by atoms with Crippen molar-refractivity contribution in [2.75, 3.05) is 33.3 Å². The lowest BCUT2D eigenvalue weighted by Crippen LogP contribution is -2.55. The van der Waals surface area contributed by atoms with E-state index in [1.807, 2.05) is 31.2 Å². The van der Waals surface area contributed by atoms with E-state index in [4.69, 9.17) is 0 Å². The number of aliphatic hydroxyl groups is 1. The minimum absolute atomic E-state index is 0.0301. The van der Waals surface area contributed by atoms with Crippen LogP contribution in [0, 0.1) is 11.8 Å². The molecule has 38 heavy (non-hydrogen) atoms. The standard InChI is InChI=1S/C27H34N6O4S/c1-5-13-30(4)23(35)20-21-24(36)32(15-16-34)22(27(21)12-11-26(20,3)38-27)25(37)31(14-6-2)17-33-19-10-8-7-9-18(19)28-29-33/h5-10,20-22,34H,1-2,11-17H2,3-4H3/t20-,21+,22?,26+,27?/m1/s1. The van der Waals surface area contributed by atoms with E-state index in [1.165, 1.54) is 4.90 Å². The first-order valence-corrected chi connectivity index (χ1v) is 13.7. The van der Waals surface area contributed by atoms with Gasteiger partial charge in [0.1, 0.15) is 18.2 Å². The van der Waals surface area contributed by atoms with Crippen molar-refractivity contribution in [2.24, 2.45) is 11.8 Å².